The summed E-state index contributed by atoms with van der Waals surface area (Å²) in [5.41, 5.74) is 0. The summed E-state index contributed by atoms with van der Waals surface area (Å²) in [4.78, 5) is 24.4. The van der Waals surface area contributed by atoms with Crippen LogP contribution in [0.5, 0.6) is 0 Å². The highest BCUT2D eigenvalue weighted by Gasteiger charge is 2.27. The van der Waals surface area contributed by atoms with E-state index in [1.54, 1.807) is 11.9 Å². The van der Waals surface area contributed by atoms with Crippen LogP contribution in [0.1, 0.15) is 6.42 Å². The number of urea groups is 1. The second kappa shape index (κ2) is 4.52. The Hall–Kier alpha value is -1.56. The van der Waals surface area contributed by atoms with E-state index in [-0.39, 0.29) is 18.0 Å². The summed E-state index contributed by atoms with van der Waals surface area (Å²) in [5.74, 6) is 0.0708. The predicted molar refractivity (Wildman–Crippen MR) is 62.5 cm³/mol. The SMILES string of the molecule is CN1C[C@@H](NC(=O)Nc2cccs2)CC1=O. The van der Waals surface area contributed by atoms with Crippen LogP contribution < -0.4 is 10.6 Å². The molecule has 5 nitrogen and oxygen atoms in total. The van der Waals surface area contributed by atoms with Gasteiger partial charge in [0.2, 0.25) is 5.91 Å². The van der Waals surface area contributed by atoms with Gasteiger partial charge in [-0.15, -0.1) is 11.3 Å². The number of hydrogen-bond acceptors (Lipinski definition) is 3. The molecule has 6 heteroatoms. The number of nitrogens with one attached hydrogen (secondary N) is 2. The van der Waals surface area contributed by atoms with Crippen LogP contribution in [0.4, 0.5) is 9.80 Å². The van der Waals surface area contributed by atoms with E-state index in [1.165, 1.54) is 11.3 Å². The Morgan fingerprint density at radius 3 is 3.00 bits per heavy atom. The van der Waals surface area contributed by atoms with Crippen molar-refractivity contribution >= 4 is 28.3 Å². The van der Waals surface area contributed by atoms with Gasteiger partial charge >= 0.3 is 6.03 Å². The third-order valence-electron chi connectivity index (χ3n) is 2.43. The highest BCUT2D eigenvalue weighted by Crippen LogP contribution is 2.15. The predicted octanol–water partition coefficient (Wildman–Crippen LogP) is 1.10. The van der Waals surface area contributed by atoms with Crippen LogP contribution in [0.3, 0.4) is 0 Å². The van der Waals surface area contributed by atoms with Gasteiger partial charge in [0, 0.05) is 20.0 Å². The summed E-state index contributed by atoms with van der Waals surface area (Å²) < 4.78 is 0. The molecule has 3 amide bonds. The van der Waals surface area contributed by atoms with Gasteiger partial charge in [-0.3, -0.25) is 10.1 Å². The van der Waals surface area contributed by atoms with Gasteiger partial charge in [-0.05, 0) is 17.5 Å². The summed E-state index contributed by atoms with van der Waals surface area (Å²) in [6.07, 6.45) is 0.383. The number of rotatable bonds is 2. The second-order valence-electron chi connectivity index (χ2n) is 3.75. The van der Waals surface area contributed by atoms with Crippen molar-refractivity contribution in [1.82, 2.24) is 10.2 Å². The first-order valence-corrected chi connectivity index (χ1v) is 5.88. The van der Waals surface area contributed by atoms with Crippen molar-refractivity contribution in [3.8, 4) is 0 Å². The molecule has 1 aliphatic rings. The molecule has 2 rings (SSSR count). The van der Waals surface area contributed by atoms with E-state index in [0.29, 0.717) is 13.0 Å². The van der Waals surface area contributed by atoms with Crippen LogP contribution in [-0.2, 0) is 4.79 Å². The van der Waals surface area contributed by atoms with E-state index < -0.39 is 0 Å². The topological polar surface area (TPSA) is 61.4 Å². The molecule has 1 aliphatic heterocycles. The number of thiophene rings is 1. The minimum absolute atomic E-state index is 0.0708. The van der Waals surface area contributed by atoms with Gasteiger partial charge in [0.25, 0.3) is 0 Å². The van der Waals surface area contributed by atoms with E-state index in [1.807, 2.05) is 17.5 Å². The van der Waals surface area contributed by atoms with Gasteiger partial charge in [-0.25, -0.2) is 4.79 Å². The first-order valence-electron chi connectivity index (χ1n) is 5.00. The standard InChI is InChI=1S/C10H13N3O2S/c1-13-6-7(5-9(13)14)11-10(15)12-8-3-2-4-16-8/h2-4,7H,5-6H2,1H3,(H2,11,12,15)/t7-/m0/s1. The summed E-state index contributed by atoms with van der Waals surface area (Å²) >= 11 is 1.46. The highest BCUT2D eigenvalue weighted by atomic mass is 32.1. The molecular formula is C10H13N3O2S. The van der Waals surface area contributed by atoms with Gasteiger partial charge in [-0.1, -0.05) is 0 Å². The van der Waals surface area contributed by atoms with Crippen LogP contribution in [0.15, 0.2) is 17.5 Å². The summed E-state index contributed by atoms with van der Waals surface area (Å²) in [6, 6.07) is 3.36. The van der Waals surface area contributed by atoms with E-state index in [0.717, 1.165) is 5.00 Å². The van der Waals surface area contributed by atoms with Crippen LogP contribution in [0.2, 0.25) is 0 Å². The molecule has 1 atom stereocenters. The fourth-order valence-electron chi connectivity index (χ4n) is 1.64. The molecule has 2 N–H and O–H groups in total. The molecule has 0 aromatic carbocycles. The second-order valence-corrected chi connectivity index (χ2v) is 4.70. The first-order chi connectivity index (χ1) is 7.65. The first kappa shape index (κ1) is 10.9. The third kappa shape index (κ3) is 2.52. The van der Waals surface area contributed by atoms with Crippen molar-refractivity contribution < 1.29 is 9.59 Å². The minimum atomic E-state index is -0.254. The lowest BCUT2D eigenvalue weighted by molar-refractivity contribution is -0.126. The molecule has 0 radical (unpaired) electrons. The third-order valence-corrected chi connectivity index (χ3v) is 3.22. The fraction of sp³-hybridized carbons (Fsp3) is 0.400. The van der Waals surface area contributed by atoms with Crippen molar-refractivity contribution in [3.63, 3.8) is 0 Å². The van der Waals surface area contributed by atoms with Gasteiger partial charge in [-0.2, -0.15) is 0 Å². The Labute approximate surface area is 97.4 Å². The van der Waals surface area contributed by atoms with Crippen LogP contribution in [-0.4, -0.2) is 36.5 Å². The molecule has 1 aromatic heterocycles. The van der Waals surface area contributed by atoms with Crippen molar-refractivity contribution in [2.75, 3.05) is 18.9 Å². The minimum Gasteiger partial charge on any atom is -0.344 e. The lowest BCUT2D eigenvalue weighted by Gasteiger charge is -2.12. The van der Waals surface area contributed by atoms with Gasteiger partial charge in [0.05, 0.1) is 11.0 Å². The monoisotopic (exact) mass is 239 g/mol. The number of nitrogens with zero attached hydrogens (tertiary/aromatic N) is 1. The Kier molecular flexibility index (Phi) is 3.09. The summed E-state index contributed by atoms with van der Waals surface area (Å²) in [7, 11) is 1.74. The normalized spacial score (nSPS) is 19.9. The largest absolute Gasteiger partial charge is 0.344 e. The van der Waals surface area contributed by atoms with E-state index in [9.17, 15) is 9.59 Å². The molecule has 0 bridgehead atoms. The molecule has 0 saturated carbocycles. The average molecular weight is 239 g/mol. The fourth-order valence-corrected chi connectivity index (χ4v) is 2.26. The number of amides is 3. The van der Waals surface area contributed by atoms with Crippen molar-refractivity contribution in [2.45, 2.75) is 12.5 Å². The van der Waals surface area contributed by atoms with Crippen LogP contribution >= 0.6 is 11.3 Å². The zero-order chi connectivity index (χ0) is 11.5. The number of carbonyl (C=O) groups is 2. The molecule has 0 aliphatic carbocycles. The Morgan fingerprint density at radius 2 is 2.44 bits per heavy atom. The molecule has 0 spiro atoms. The maximum atomic E-state index is 11.5. The van der Waals surface area contributed by atoms with Gasteiger partial charge < -0.3 is 10.2 Å². The van der Waals surface area contributed by atoms with E-state index in [4.69, 9.17) is 0 Å². The van der Waals surface area contributed by atoms with E-state index >= 15 is 0 Å². The van der Waals surface area contributed by atoms with Gasteiger partial charge in [0.1, 0.15) is 0 Å². The van der Waals surface area contributed by atoms with Crippen LogP contribution in [0.25, 0.3) is 0 Å². The zero-order valence-corrected chi connectivity index (χ0v) is 9.71. The highest BCUT2D eigenvalue weighted by molar-refractivity contribution is 7.14. The quantitative estimate of drug-likeness (QED) is 0.812. The molecule has 1 saturated heterocycles. The Morgan fingerprint density at radius 1 is 1.62 bits per heavy atom. The molecular weight excluding hydrogens is 226 g/mol. The van der Waals surface area contributed by atoms with Crippen LogP contribution in [0, 0.1) is 0 Å². The van der Waals surface area contributed by atoms with Crippen molar-refractivity contribution in [1.29, 1.82) is 0 Å². The molecule has 0 unspecified atom stereocenters. The average Bonchev–Trinajstić information content (AvgIpc) is 2.78. The number of likely N-dealkylation sites (N-methyl/N-ethyl adjacent to an activating group) is 1. The van der Waals surface area contributed by atoms with Gasteiger partial charge in [0.15, 0.2) is 0 Å². The molecule has 1 aromatic rings. The maximum absolute atomic E-state index is 11.5. The summed E-state index contributed by atoms with van der Waals surface area (Å²) in [6.45, 7) is 0.580. The number of carbonyl (C=O) groups excluding carboxylic acids is 2. The maximum Gasteiger partial charge on any atom is 0.320 e. The Bertz CT molecular complexity index is 391. The molecule has 16 heavy (non-hydrogen) atoms. The molecule has 2 heterocycles. The summed E-state index contributed by atoms with van der Waals surface area (Å²) in [5, 5.41) is 8.18. The Balaban J connectivity index is 1.82. The zero-order valence-electron chi connectivity index (χ0n) is 8.90. The lowest BCUT2D eigenvalue weighted by Crippen LogP contribution is -2.39. The lowest BCUT2D eigenvalue weighted by atomic mass is 10.3. The number of likely N-dealkylation sites (tertiary alicyclic amines) is 1. The van der Waals surface area contributed by atoms with Crippen molar-refractivity contribution in [2.24, 2.45) is 0 Å². The molecule has 1 fully saturated rings. The number of anilines is 1. The molecule has 86 valence electrons. The number of hydrogen-bond donors (Lipinski definition) is 2. The van der Waals surface area contributed by atoms with Crippen molar-refractivity contribution in [3.05, 3.63) is 17.5 Å². The smallest absolute Gasteiger partial charge is 0.320 e. The van der Waals surface area contributed by atoms with E-state index in [2.05, 4.69) is 10.6 Å².